The highest BCUT2D eigenvalue weighted by Crippen LogP contribution is 2.29. The molecule has 3 amide bonds. The summed E-state index contributed by atoms with van der Waals surface area (Å²) >= 11 is 0. The Morgan fingerprint density at radius 1 is 1.08 bits per heavy atom. The lowest BCUT2D eigenvalue weighted by molar-refractivity contribution is -0.128. The number of urea groups is 1. The van der Waals surface area contributed by atoms with Crippen molar-refractivity contribution in [2.75, 3.05) is 20.8 Å². The number of benzene rings is 1. The molecule has 1 aliphatic rings. The molecule has 1 aromatic carbocycles. The average molecular weight is 334 g/mol. The lowest BCUT2D eigenvalue weighted by Gasteiger charge is -2.33. The maximum atomic E-state index is 12.7. The first-order valence-electron chi connectivity index (χ1n) is 8.00. The lowest BCUT2D eigenvalue weighted by Crippen LogP contribution is -2.46. The van der Waals surface area contributed by atoms with E-state index < -0.39 is 0 Å². The number of hydrogen-bond acceptors (Lipinski definition) is 4. The molecule has 2 rings (SSSR count). The summed E-state index contributed by atoms with van der Waals surface area (Å²) in [7, 11) is 3.16. The molecule has 0 radical (unpaired) electrons. The maximum Gasteiger partial charge on any atom is 0.327 e. The van der Waals surface area contributed by atoms with Gasteiger partial charge in [0.1, 0.15) is 18.0 Å². The number of nitrogens with zero attached hydrogens (tertiary/aromatic N) is 2. The summed E-state index contributed by atoms with van der Waals surface area (Å²) in [4.78, 5) is 27.9. The van der Waals surface area contributed by atoms with Gasteiger partial charge in [0.2, 0.25) is 0 Å². The fourth-order valence-electron chi connectivity index (χ4n) is 2.64. The average Bonchev–Trinajstić information content (AvgIpc) is 2.79. The molecule has 0 aromatic heterocycles. The predicted octanol–water partition coefficient (Wildman–Crippen LogP) is 2.90. The van der Waals surface area contributed by atoms with Gasteiger partial charge in [-0.05, 0) is 30.0 Å². The van der Waals surface area contributed by atoms with E-state index in [2.05, 4.69) is 0 Å². The van der Waals surface area contributed by atoms with E-state index in [4.69, 9.17) is 9.47 Å². The minimum atomic E-state index is -0.246. The Bertz CT molecular complexity index is 614. The molecule has 1 aromatic rings. The van der Waals surface area contributed by atoms with E-state index in [0.717, 1.165) is 5.56 Å². The smallest absolute Gasteiger partial charge is 0.327 e. The molecule has 1 saturated heterocycles. The first-order chi connectivity index (χ1) is 11.2. The van der Waals surface area contributed by atoms with Crippen LogP contribution in [-0.4, -0.2) is 48.5 Å². The lowest BCUT2D eigenvalue weighted by atomic mass is 9.87. The van der Waals surface area contributed by atoms with Crippen molar-refractivity contribution in [1.29, 1.82) is 0 Å². The van der Waals surface area contributed by atoms with Crippen LogP contribution in [0.5, 0.6) is 11.5 Å². The Morgan fingerprint density at radius 2 is 1.62 bits per heavy atom. The van der Waals surface area contributed by atoms with Crippen molar-refractivity contribution in [1.82, 2.24) is 9.80 Å². The molecule has 0 unspecified atom stereocenters. The Labute approximate surface area is 143 Å². The minimum absolute atomic E-state index is 0.0960. The van der Waals surface area contributed by atoms with Crippen LogP contribution in [0.3, 0.4) is 0 Å². The van der Waals surface area contributed by atoms with Gasteiger partial charge in [-0.2, -0.15) is 0 Å². The summed E-state index contributed by atoms with van der Waals surface area (Å²) < 4.78 is 10.5. The molecule has 0 bridgehead atoms. The summed E-state index contributed by atoms with van der Waals surface area (Å²) in [5.41, 5.74) is 0.693. The summed E-state index contributed by atoms with van der Waals surface area (Å²) in [5, 5.41) is 0. The van der Waals surface area contributed by atoms with Crippen LogP contribution < -0.4 is 9.47 Å². The van der Waals surface area contributed by atoms with E-state index in [-0.39, 0.29) is 29.9 Å². The maximum absolute atomic E-state index is 12.7. The SMILES string of the molecule is COc1cc(CN2CC(=O)N([C@H](C)C(C)(C)C)C2=O)cc(OC)c1. The molecule has 1 fully saturated rings. The topological polar surface area (TPSA) is 59.1 Å². The Morgan fingerprint density at radius 3 is 2.08 bits per heavy atom. The highest BCUT2D eigenvalue weighted by molar-refractivity contribution is 6.02. The number of amides is 3. The molecule has 0 N–H and O–H groups in total. The van der Waals surface area contributed by atoms with E-state index in [1.807, 2.05) is 39.8 Å². The highest BCUT2D eigenvalue weighted by Gasteiger charge is 2.42. The summed E-state index contributed by atoms with van der Waals surface area (Å²) in [5.74, 6) is 1.15. The molecular weight excluding hydrogens is 308 g/mol. The molecule has 132 valence electrons. The second-order valence-corrected chi connectivity index (χ2v) is 7.17. The molecule has 0 saturated carbocycles. The van der Waals surface area contributed by atoms with Crippen molar-refractivity contribution in [3.8, 4) is 11.5 Å². The van der Waals surface area contributed by atoms with Gasteiger partial charge in [-0.1, -0.05) is 20.8 Å². The third kappa shape index (κ3) is 3.63. The van der Waals surface area contributed by atoms with E-state index in [9.17, 15) is 9.59 Å². The largest absolute Gasteiger partial charge is 0.497 e. The van der Waals surface area contributed by atoms with E-state index >= 15 is 0 Å². The summed E-state index contributed by atoms with van der Waals surface area (Å²) in [6, 6.07) is 5.05. The van der Waals surface area contributed by atoms with Crippen LogP contribution in [0, 0.1) is 5.41 Å². The Hall–Kier alpha value is -2.24. The molecule has 1 heterocycles. The van der Waals surface area contributed by atoms with E-state index in [1.54, 1.807) is 25.2 Å². The zero-order chi connectivity index (χ0) is 18.1. The number of ether oxygens (including phenoxy) is 2. The van der Waals surface area contributed by atoms with Crippen molar-refractivity contribution in [2.45, 2.75) is 40.3 Å². The van der Waals surface area contributed by atoms with Gasteiger partial charge in [-0.15, -0.1) is 0 Å². The molecular formula is C18H26N2O4. The van der Waals surface area contributed by atoms with Gasteiger partial charge in [-0.25, -0.2) is 4.79 Å². The molecule has 1 atom stereocenters. The van der Waals surface area contributed by atoms with Gasteiger partial charge in [0.25, 0.3) is 5.91 Å². The van der Waals surface area contributed by atoms with Crippen LogP contribution in [0.15, 0.2) is 18.2 Å². The Balaban J connectivity index is 2.20. The monoisotopic (exact) mass is 334 g/mol. The van der Waals surface area contributed by atoms with Gasteiger partial charge in [-0.3, -0.25) is 9.69 Å². The number of carbonyl (C=O) groups excluding carboxylic acids is 2. The Kier molecular flexibility index (Phi) is 5.06. The molecule has 24 heavy (non-hydrogen) atoms. The van der Waals surface area contributed by atoms with Crippen LogP contribution in [0.2, 0.25) is 0 Å². The van der Waals surface area contributed by atoms with E-state index in [1.165, 1.54) is 4.90 Å². The number of rotatable bonds is 5. The van der Waals surface area contributed by atoms with E-state index in [0.29, 0.717) is 18.0 Å². The molecule has 6 nitrogen and oxygen atoms in total. The highest BCUT2D eigenvalue weighted by atomic mass is 16.5. The van der Waals surface area contributed by atoms with Crippen LogP contribution in [-0.2, 0) is 11.3 Å². The predicted molar refractivity (Wildman–Crippen MR) is 91.1 cm³/mol. The zero-order valence-electron chi connectivity index (χ0n) is 15.3. The third-order valence-corrected chi connectivity index (χ3v) is 4.50. The number of hydrogen-bond donors (Lipinski definition) is 0. The normalized spacial score (nSPS) is 16.6. The zero-order valence-corrected chi connectivity index (χ0v) is 15.3. The first kappa shape index (κ1) is 18.1. The number of methoxy groups -OCH3 is 2. The van der Waals surface area contributed by atoms with Crippen molar-refractivity contribution in [3.63, 3.8) is 0 Å². The standard InChI is InChI=1S/C18H26N2O4/c1-12(18(2,3)4)20-16(21)11-19(17(20)22)10-13-7-14(23-5)9-15(8-13)24-6/h7-9,12H,10-11H2,1-6H3/t12-/m1/s1. The fraction of sp³-hybridized carbons (Fsp3) is 0.556. The molecule has 1 aliphatic heterocycles. The molecule has 6 heteroatoms. The van der Waals surface area contributed by atoms with Gasteiger partial charge in [0.15, 0.2) is 0 Å². The van der Waals surface area contributed by atoms with Crippen LogP contribution in [0.25, 0.3) is 0 Å². The van der Waals surface area contributed by atoms with Gasteiger partial charge < -0.3 is 14.4 Å². The van der Waals surface area contributed by atoms with Crippen molar-refractivity contribution in [3.05, 3.63) is 23.8 Å². The van der Waals surface area contributed by atoms with Gasteiger partial charge >= 0.3 is 6.03 Å². The molecule has 0 spiro atoms. The second-order valence-electron chi connectivity index (χ2n) is 7.17. The van der Waals surface area contributed by atoms with Crippen molar-refractivity contribution < 1.29 is 19.1 Å². The van der Waals surface area contributed by atoms with Crippen LogP contribution in [0.4, 0.5) is 4.79 Å². The summed E-state index contributed by atoms with van der Waals surface area (Å²) in [6.45, 7) is 8.41. The number of carbonyl (C=O) groups is 2. The van der Waals surface area contributed by atoms with Crippen LogP contribution >= 0.6 is 0 Å². The molecule has 0 aliphatic carbocycles. The van der Waals surface area contributed by atoms with Crippen molar-refractivity contribution in [2.24, 2.45) is 5.41 Å². The first-order valence-corrected chi connectivity index (χ1v) is 8.00. The minimum Gasteiger partial charge on any atom is -0.497 e. The number of imide groups is 1. The van der Waals surface area contributed by atoms with Crippen molar-refractivity contribution >= 4 is 11.9 Å². The van der Waals surface area contributed by atoms with Crippen LogP contribution in [0.1, 0.15) is 33.3 Å². The summed E-state index contributed by atoms with van der Waals surface area (Å²) in [6.07, 6.45) is 0. The second kappa shape index (κ2) is 6.71. The third-order valence-electron chi connectivity index (χ3n) is 4.50. The van der Waals surface area contributed by atoms with Gasteiger partial charge in [0, 0.05) is 18.7 Å². The van der Waals surface area contributed by atoms with Gasteiger partial charge in [0.05, 0.1) is 14.2 Å². The fourth-order valence-corrected chi connectivity index (χ4v) is 2.64. The quantitative estimate of drug-likeness (QED) is 0.777.